The van der Waals surface area contributed by atoms with Crippen molar-refractivity contribution in [2.75, 3.05) is 32.8 Å². The SMILES string of the molecule is CCC(O)(CC)CN(CCO)CCO. The van der Waals surface area contributed by atoms with Crippen LogP contribution in [-0.2, 0) is 0 Å². The fourth-order valence-electron chi connectivity index (χ4n) is 1.44. The van der Waals surface area contributed by atoms with Crippen LogP contribution >= 0.6 is 0 Å². The van der Waals surface area contributed by atoms with Gasteiger partial charge in [-0.15, -0.1) is 0 Å². The summed E-state index contributed by atoms with van der Waals surface area (Å²) in [5.74, 6) is 0. The van der Waals surface area contributed by atoms with E-state index in [0.717, 1.165) is 0 Å². The summed E-state index contributed by atoms with van der Waals surface area (Å²) < 4.78 is 0. The third-order valence-electron chi connectivity index (χ3n) is 2.67. The third-order valence-corrected chi connectivity index (χ3v) is 2.67. The largest absolute Gasteiger partial charge is 0.395 e. The molecule has 3 N–H and O–H groups in total. The maximum absolute atomic E-state index is 10.0. The molecule has 0 bridgehead atoms. The van der Waals surface area contributed by atoms with Crippen molar-refractivity contribution >= 4 is 0 Å². The summed E-state index contributed by atoms with van der Waals surface area (Å²) in [5.41, 5.74) is -0.690. The number of aliphatic hydroxyl groups is 3. The van der Waals surface area contributed by atoms with Crippen LogP contribution in [0.1, 0.15) is 26.7 Å². The van der Waals surface area contributed by atoms with Crippen LogP contribution in [0.5, 0.6) is 0 Å². The molecular formula is C10H23NO3. The lowest BCUT2D eigenvalue weighted by Crippen LogP contribution is -2.44. The van der Waals surface area contributed by atoms with Gasteiger partial charge in [-0.1, -0.05) is 13.8 Å². The van der Waals surface area contributed by atoms with Gasteiger partial charge in [0.1, 0.15) is 0 Å². The molecular weight excluding hydrogens is 182 g/mol. The highest BCUT2D eigenvalue weighted by atomic mass is 16.3. The highest BCUT2D eigenvalue weighted by Crippen LogP contribution is 2.15. The van der Waals surface area contributed by atoms with Crippen molar-refractivity contribution < 1.29 is 15.3 Å². The first-order chi connectivity index (χ1) is 6.61. The fourth-order valence-corrected chi connectivity index (χ4v) is 1.44. The molecule has 0 saturated heterocycles. The second-order valence-corrected chi connectivity index (χ2v) is 3.65. The van der Waals surface area contributed by atoms with E-state index in [-0.39, 0.29) is 13.2 Å². The molecule has 0 unspecified atom stereocenters. The smallest absolute Gasteiger partial charge is 0.0768 e. The lowest BCUT2D eigenvalue weighted by Gasteiger charge is -2.32. The Morgan fingerprint density at radius 2 is 1.43 bits per heavy atom. The highest BCUT2D eigenvalue weighted by molar-refractivity contribution is 4.79. The minimum absolute atomic E-state index is 0.0590. The first kappa shape index (κ1) is 13.8. The van der Waals surface area contributed by atoms with Crippen LogP contribution in [0.15, 0.2) is 0 Å². The molecule has 0 aliphatic rings. The molecule has 86 valence electrons. The molecule has 0 saturated carbocycles. The predicted octanol–water partition coefficient (Wildman–Crippen LogP) is -0.176. The summed E-state index contributed by atoms with van der Waals surface area (Å²) >= 11 is 0. The normalized spacial score (nSPS) is 12.4. The monoisotopic (exact) mass is 205 g/mol. The third kappa shape index (κ3) is 4.91. The highest BCUT2D eigenvalue weighted by Gasteiger charge is 2.24. The lowest BCUT2D eigenvalue weighted by molar-refractivity contribution is -0.0101. The van der Waals surface area contributed by atoms with Gasteiger partial charge in [0.15, 0.2) is 0 Å². The van der Waals surface area contributed by atoms with Gasteiger partial charge in [-0.25, -0.2) is 0 Å². The van der Waals surface area contributed by atoms with E-state index in [1.165, 1.54) is 0 Å². The summed E-state index contributed by atoms with van der Waals surface area (Å²) in [7, 11) is 0. The first-order valence-electron chi connectivity index (χ1n) is 5.28. The average Bonchev–Trinajstić information content (AvgIpc) is 2.18. The van der Waals surface area contributed by atoms with Crippen molar-refractivity contribution in [2.45, 2.75) is 32.3 Å². The Bertz CT molecular complexity index is 131. The molecule has 14 heavy (non-hydrogen) atoms. The van der Waals surface area contributed by atoms with Crippen LogP contribution in [0.3, 0.4) is 0 Å². The zero-order valence-corrected chi connectivity index (χ0v) is 9.24. The molecule has 0 aliphatic heterocycles. The number of nitrogens with zero attached hydrogens (tertiary/aromatic N) is 1. The van der Waals surface area contributed by atoms with Gasteiger partial charge >= 0.3 is 0 Å². The van der Waals surface area contributed by atoms with Gasteiger partial charge in [0.05, 0.1) is 18.8 Å². The molecule has 0 fully saturated rings. The summed E-state index contributed by atoms with van der Waals surface area (Å²) in [6, 6.07) is 0. The Hall–Kier alpha value is -0.160. The van der Waals surface area contributed by atoms with E-state index in [1.54, 1.807) is 0 Å². The predicted molar refractivity (Wildman–Crippen MR) is 56.1 cm³/mol. The van der Waals surface area contributed by atoms with Crippen molar-refractivity contribution in [1.82, 2.24) is 4.90 Å². The van der Waals surface area contributed by atoms with Crippen molar-refractivity contribution in [3.63, 3.8) is 0 Å². The second-order valence-electron chi connectivity index (χ2n) is 3.65. The first-order valence-corrected chi connectivity index (χ1v) is 5.28. The van der Waals surface area contributed by atoms with Gasteiger partial charge in [0.2, 0.25) is 0 Å². The van der Waals surface area contributed by atoms with Crippen molar-refractivity contribution in [3.8, 4) is 0 Å². The van der Waals surface area contributed by atoms with E-state index >= 15 is 0 Å². The summed E-state index contributed by atoms with van der Waals surface area (Å²) in [5, 5.41) is 27.6. The number of aliphatic hydroxyl groups excluding tert-OH is 2. The van der Waals surface area contributed by atoms with Gasteiger partial charge in [0, 0.05) is 19.6 Å². The topological polar surface area (TPSA) is 63.9 Å². The van der Waals surface area contributed by atoms with E-state index < -0.39 is 5.60 Å². The molecule has 0 aromatic carbocycles. The molecule has 4 nitrogen and oxygen atoms in total. The Balaban J connectivity index is 4.10. The molecule has 4 heteroatoms. The van der Waals surface area contributed by atoms with Crippen LogP contribution in [0.25, 0.3) is 0 Å². The van der Waals surface area contributed by atoms with Crippen LogP contribution in [0.4, 0.5) is 0 Å². The maximum atomic E-state index is 10.0. The Labute approximate surface area is 86.2 Å². The number of hydrogen-bond acceptors (Lipinski definition) is 4. The Morgan fingerprint density at radius 3 is 1.71 bits per heavy atom. The van der Waals surface area contributed by atoms with Crippen LogP contribution < -0.4 is 0 Å². The molecule has 0 amide bonds. The van der Waals surface area contributed by atoms with Crippen molar-refractivity contribution in [1.29, 1.82) is 0 Å². The van der Waals surface area contributed by atoms with Gasteiger partial charge in [-0.3, -0.25) is 4.90 Å². The molecule has 0 radical (unpaired) electrons. The summed E-state index contributed by atoms with van der Waals surface area (Å²) in [4.78, 5) is 1.88. The minimum atomic E-state index is -0.690. The average molecular weight is 205 g/mol. The van der Waals surface area contributed by atoms with Crippen LogP contribution in [0, 0.1) is 0 Å². The summed E-state index contributed by atoms with van der Waals surface area (Å²) in [6.07, 6.45) is 1.38. The van der Waals surface area contributed by atoms with Crippen molar-refractivity contribution in [2.24, 2.45) is 0 Å². The number of rotatable bonds is 8. The Morgan fingerprint density at radius 1 is 1.00 bits per heavy atom. The van der Waals surface area contributed by atoms with Gasteiger partial charge in [-0.2, -0.15) is 0 Å². The van der Waals surface area contributed by atoms with Gasteiger partial charge in [0.25, 0.3) is 0 Å². The van der Waals surface area contributed by atoms with Gasteiger partial charge < -0.3 is 15.3 Å². The van der Waals surface area contributed by atoms with Gasteiger partial charge in [-0.05, 0) is 12.8 Å². The van der Waals surface area contributed by atoms with E-state index in [4.69, 9.17) is 10.2 Å². The Kier molecular flexibility index (Phi) is 7.09. The van der Waals surface area contributed by atoms with E-state index in [2.05, 4.69) is 0 Å². The number of hydrogen-bond donors (Lipinski definition) is 3. The van der Waals surface area contributed by atoms with E-state index in [9.17, 15) is 5.11 Å². The molecule has 0 rings (SSSR count). The summed E-state index contributed by atoms with van der Waals surface area (Å²) in [6.45, 7) is 5.53. The zero-order chi connectivity index (χ0) is 11.0. The molecule has 0 atom stereocenters. The molecule has 0 aromatic heterocycles. The molecule has 0 spiro atoms. The second kappa shape index (κ2) is 7.17. The lowest BCUT2D eigenvalue weighted by atomic mass is 9.97. The molecule has 0 aromatic rings. The maximum Gasteiger partial charge on any atom is 0.0768 e. The minimum Gasteiger partial charge on any atom is -0.395 e. The van der Waals surface area contributed by atoms with E-state index in [0.29, 0.717) is 32.5 Å². The van der Waals surface area contributed by atoms with Crippen LogP contribution in [-0.4, -0.2) is 58.7 Å². The zero-order valence-electron chi connectivity index (χ0n) is 9.24. The molecule has 0 aliphatic carbocycles. The fraction of sp³-hybridized carbons (Fsp3) is 1.00. The van der Waals surface area contributed by atoms with Crippen molar-refractivity contribution in [3.05, 3.63) is 0 Å². The molecule has 0 heterocycles. The standard InChI is InChI=1S/C10H23NO3/c1-3-10(14,4-2)9-11(5-7-12)6-8-13/h12-14H,3-9H2,1-2H3. The van der Waals surface area contributed by atoms with E-state index in [1.807, 2.05) is 18.7 Å². The quantitative estimate of drug-likeness (QED) is 0.514. The van der Waals surface area contributed by atoms with Crippen LogP contribution in [0.2, 0.25) is 0 Å².